The summed E-state index contributed by atoms with van der Waals surface area (Å²) in [6.45, 7) is 0.301. The summed E-state index contributed by atoms with van der Waals surface area (Å²) in [5.74, 6) is 1.14. The number of aromatic amines is 1. The lowest BCUT2D eigenvalue weighted by molar-refractivity contribution is -0.127. The largest absolute Gasteiger partial charge is 0.480 e. The number of halogens is 1. The second-order valence-electron chi connectivity index (χ2n) is 4.21. The summed E-state index contributed by atoms with van der Waals surface area (Å²) in [5, 5.41) is 9.77. The van der Waals surface area contributed by atoms with E-state index in [-0.39, 0.29) is 5.91 Å². The topological polar surface area (TPSA) is 79.9 Å². The van der Waals surface area contributed by atoms with Gasteiger partial charge in [0.15, 0.2) is 6.10 Å². The second-order valence-corrected chi connectivity index (χ2v) is 4.65. The van der Waals surface area contributed by atoms with Gasteiger partial charge in [-0.3, -0.25) is 9.89 Å². The predicted molar refractivity (Wildman–Crippen MR) is 67.8 cm³/mol. The van der Waals surface area contributed by atoms with E-state index < -0.39 is 6.10 Å². The molecule has 0 saturated heterocycles. The van der Waals surface area contributed by atoms with Crippen LogP contribution in [0.25, 0.3) is 0 Å². The Labute approximate surface area is 114 Å². The fraction of sp³-hybridized carbons (Fsp3) is 0.250. The Kier molecular flexibility index (Phi) is 3.08. The lowest BCUT2D eigenvalue weighted by Gasteiger charge is -2.10. The maximum atomic E-state index is 12.0. The molecule has 0 saturated carbocycles. The Morgan fingerprint density at radius 2 is 2.47 bits per heavy atom. The van der Waals surface area contributed by atoms with Crippen LogP contribution in [0, 0.1) is 0 Å². The SMILES string of the molecule is O=C(NCc1ncn[nH]1)C1Cc2cc(Cl)ccc2O1. The molecule has 2 heterocycles. The molecular formula is C12H11ClN4O2. The van der Waals surface area contributed by atoms with Crippen LogP contribution in [0.1, 0.15) is 11.4 Å². The van der Waals surface area contributed by atoms with Crippen LogP contribution in [-0.4, -0.2) is 27.2 Å². The zero-order valence-electron chi connectivity index (χ0n) is 9.89. The molecule has 1 aliphatic heterocycles. The highest BCUT2D eigenvalue weighted by Gasteiger charge is 2.29. The zero-order chi connectivity index (χ0) is 13.2. The van der Waals surface area contributed by atoms with Crippen LogP contribution in [0.2, 0.25) is 5.02 Å². The van der Waals surface area contributed by atoms with Crippen LogP contribution in [0.15, 0.2) is 24.5 Å². The first-order valence-corrected chi connectivity index (χ1v) is 6.17. The summed E-state index contributed by atoms with van der Waals surface area (Å²) in [7, 11) is 0. The van der Waals surface area contributed by atoms with E-state index in [0.717, 1.165) is 5.56 Å². The Hall–Kier alpha value is -2.08. The van der Waals surface area contributed by atoms with Crippen LogP contribution in [-0.2, 0) is 17.8 Å². The molecule has 1 aromatic carbocycles. The van der Waals surface area contributed by atoms with Gasteiger partial charge in [0.1, 0.15) is 17.9 Å². The third-order valence-electron chi connectivity index (χ3n) is 2.88. The summed E-state index contributed by atoms with van der Waals surface area (Å²) < 4.78 is 5.58. The van der Waals surface area contributed by atoms with Gasteiger partial charge in [-0.1, -0.05) is 11.6 Å². The minimum atomic E-state index is -0.517. The fourth-order valence-corrected chi connectivity index (χ4v) is 2.16. The van der Waals surface area contributed by atoms with Crippen LogP contribution in [0.5, 0.6) is 5.75 Å². The van der Waals surface area contributed by atoms with Gasteiger partial charge >= 0.3 is 0 Å². The zero-order valence-corrected chi connectivity index (χ0v) is 10.6. The molecule has 1 unspecified atom stereocenters. The van der Waals surface area contributed by atoms with Crippen LogP contribution in [0.4, 0.5) is 0 Å². The first kappa shape index (κ1) is 12.0. The van der Waals surface area contributed by atoms with E-state index in [1.165, 1.54) is 6.33 Å². The van der Waals surface area contributed by atoms with Crippen molar-refractivity contribution < 1.29 is 9.53 Å². The molecule has 0 radical (unpaired) electrons. The van der Waals surface area contributed by atoms with Gasteiger partial charge in [0.05, 0.1) is 6.54 Å². The van der Waals surface area contributed by atoms with Crippen LogP contribution in [0.3, 0.4) is 0 Å². The number of fused-ring (bicyclic) bond motifs is 1. The van der Waals surface area contributed by atoms with Crippen molar-refractivity contribution in [1.29, 1.82) is 0 Å². The smallest absolute Gasteiger partial charge is 0.261 e. The molecule has 0 bridgehead atoms. The maximum Gasteiger partial charge on any atom is 0.261 e. The van der Waals surface area contributed by atoms with Gasteiger partial charge in [-0.05, 0) is 23.8 Å². The van der Waals surface area contributed by atoms with E-state index in [0.29, 0.717) is 29.6 Å². The molecule has 2 N–H and O–H groups in total. The number of nitrogens with one attached hydrogen (secondary N) is 2. The van der Waals surface area contributed by atoms with E-state index in [2.05, 4.69) is 20.5 Å². The molecule has 3 rings (SSSR count). The van der Waals surface area contributed by atoms with E-state index in [9.17, 15) is 4.79 Å². The van der Waals surface area contributed by atoms with Crippen molar-refractivity contribution in [3.8, 4) is 5.75 Å². The van der Waals surface area contributed by atoms with Gasteiger partial charge in [0.25, 0.3) is 5.91 Å². The van der Waals surface area contributed by atoms with Crippen molar-refractivity contribution in [2.24, 2.45) is 0 Å². The fourth-order valence-electron chi connectivity index (χ4n) is 1.96. The number of ether oxygens (including phenoxy) is 1. The molecular weight excluding hydrogens is 268 g/mol. The molecule has 1 aromatic heterocycles. The Balaban J connectivity index is 1.61. The van der Waals surface area contributed by atoms with E-state index in [4.69, 9.17) is 16.3 Å². The van der Waals surface area contributed by atoms with Crippen molar-refractivity contribution in [2.45, 2.75) is 19.1 Å². The summed E-state index contributed by atoms with van der Waals surface area (Å²) in [4.78, 5) is 15.9. The van der Waals surface area contributed by atoms with Gasteiger partial charge in [-0.15, -0.1) is 0 Å². The average Bonchev–Trinajstić information content (AvgIpc) is 3.04. The van der Waals surface area contributed by atoms with Crippen molar-refractivity contribution in [3.05, 3.63) is 40.9 Å². The van der Waals surface area contributed by atoms with E-state index >= 15 is 0 Å². The monoisotopic (exact) mass is 278 g/mol. The molecule has 98 valence electrons. The van der Waals surface area contributed by atoms with Gasteiger partial charge in [0, 0.05) is 11.4 Å². The lowest BCUT2D eigenvalue weighted by Crippen LogP contribution is -2.37. The van der Waals surface area contributed by atoms with Crippen LogP contribution >= 0.6 is 11.6 Å². The number of aromatic nitrogens is 3. The standard InChI is InChI=1S/C12H11ClN4O2/c13-8-1-2-9-7(3-8)4-10(19-9)12(18)14-5-11-15-6-16-17-11/h1-3,6,10H,4-5H2,(H,14,18)(H,15,16,17). The quantitative estimate of drug-likeness (QED) is 0.880. The number of nitrogens with zero attached hydrogens (tertiary/aromatic N) is 2. The number of carbonyl (C=O) groups excluding carboxylic acids is 1. The summed E-state index contributed by atoms with van der Waals surface area (Å²) in [6, 6.07) is 5.34. The Morgan fingerprint density at radius 1 is 1.58 bits per heavy atom. The van der Waals surface area contributed by atoms with Crippen molar-refractivity contribution in [1.82, 2.24) is 20.5 Å². The number of amides is 1. The van der Waals surface area contributed by atoms with E-state index in [1.54, 1.807) is 12.1 Å². The van der Waals surface area contributed by atoms with Gasteiger partial charge in [-0.2, -0.15) is 5.10 Å². The number of H-pyrrole nitrogens is 1. The molecule has 1 aliphatic rings. The van der Waals surface area contributed by atoms with Crippen molar-refractivity contribution in [3.63, 3.8) is 0 Å². The highest BCUT2D eigenvalue weighted by atomic mass is 35.5. The second kappa shape index (κ2) is 4.89. The molecule has 6 nitrogen and oxygen atoms in total. The normalized spacial score (nSPS) is 16.8. The minimum absolute atomic E-state index is 0.177. The molecule has 0 fully saturated rings. The number of benzene rings is 1. The first-order chi connectivity index (χ1) is 9.22. The van der Waals surface area contributed by atoms with Crippen molar-refractivity contribution in [2.75, 3.05) is 0 Å². The molecule has 0 aliphatic carbocycles. The molecule has 1 atom stereocenters. The molecule has 19 heavy (non-hydrogen) atoms. The number of hydrogen-bond acceptors (Lipinski definition) is 4. The Bertz CT molecular complexity index is 600. The van der Waals surface area contributed by atoms with Gasteiger partial charge in [0.2, 0.25) is 0 Å². The molecule has 2 aromatic rings. The molecule has 0 spiro atoms. The summed E-state index contributed by atoms with van der Waals surface area (Å²) in [6.07, 6.45) is 1.40. The summed E-state index contributed by atoms with van der Waals surface area (Å²) >= 11 is 5.90. The molecule has 7 heteroatoms. The van der Waals surface area contributed by atoms with E-state index in [1.807, 2.05) is 6.07 Å². The number of rotatable bonds is 3. The maximum absolute atomic E-state index is 12.0. The third-order valence-corrected chi connectivity index (χ3v) is 3.12. The summed E-state index contributed by atoms with van der Waals surface area (Å²) in [5.41, 5.74) is 0.951. The number of hydrogen-bond donors (Lipinski definition) is 2. The predicted octanol–water partition coefficient (Wildman–Crippen LogP) is 1.08. The minimum Gasteiger partial charge on any atom is -0.480 e. The van der Waals surface area contributed by atoms with Crippen molar-refractivity contribution >= 4 is 17.5 Å². The third kappa shape index (κ3) is 2.53. The average molecular weight is 279 g/mol. The first-order valence-electron chi connectivity index (χ1n) is 5.79. The van der Waals surface area contributed by atoms with Gasteiger partial charge < -0.3 is 10.1 Å². The Morgan fingerprint density at radius 3 is 3.26 bits per heavy atom. The molecule has 1 amide bonds. The van der Waals surface area contributed by atoms with Crippen LogP contribution < -0.4 is 10.1 Å². The highest BCUT2D eigenvalue weighted by molar-refractivity contribution is 6.30. The lowest BCUT2D eigenvalue weighted by atomic mass is 10.1. The highest BCUT2D eigenvalue weighted by Crippen LogP contribution is 2.31. The number of carbonyl (C=O) groups is 1. The van der Waals surface area contributed by atoms with Gasteiger partial charge in [-0.25, -0.2) is 4.98 Å².